The van der Waals surface area contributed by atoms with Gasteiger partial charge in [-0.2, -0.15) is 0 Å². The number of hydrogen-bond acceptors (Lipinski definition) is 4. The highest BCUT2D eigenvalue weighted by Crippen LogP contribution is 2.26. The van der Waals surface area contributed by atoms with Crippen LogP contribution in [0.2, 0.25) is 5.02 Å². The van der Waals surface area contributed by atoms with E-state index in [0.29, 0.717) is 18.1 Å². The molecule has 1 rings (SSSR count). The normalized spacial score (nSPS) is 11.8. The van der Waals surface area contributed by atoms with Gasteiger partial charge in [-0.25, -0.2) is 13.1 Å². The van der Waals surface area contributed by atoms with Crippen molar-refractivity contribution in [2.24, 2.45) is 0 Å². The molecule has 0 aliphatic carbocycles. The SMILES string of the molecule is COc1ccc(Cl)cc1S(=O)(=O)NCCN(C)C. The van der Waals surface area contributed by atoms with Crippen LogP contribution in [0.15, 0.2) is 23.1 Å². The van der Waals surface area contributed by atoms with Crippen LogP contribution in [0.5, 0.6) is 5.75 Å². The van der Waals surface area contributed by atoms with Gasteiger partial charge in [-0.3, -0.25) is 0 Å². The van der Waals surface area contributed by atoms with E-state index in [4.69, 9.17) is 16.3 Å². The van der Waals surface area contributed by atoms with Crippen LogP contribution in [0.1, 0.15) is 0 Å². The van der Waals surface area contributed by atoms with Gasteiger partial charge in [-0.1, -0.05) is 11.6 Å². The highest BCUT2D eigenvalue weighted by atomic mass is 35.5. The fourth-order valence-corrected chi connectivity index (χ4v) is 2.79. The molecule has 7 heteroatoms. The minimum atomic E-state index is -3.61. The summed E-state index contributed by atoms with van der Waals surface area (Å²) < 4.78 is 31.7. The Morgan fingerprint density at radius 2 is 2.06 bits per heavy atom. The zero-order chi connectivity index (χ0) is 13.8. The van der Waals surface area contributed by atoms with Gasteiger partial charge in [0.2, 0.25) is 10.0 Å². The number of methoxy groups -OCH3 is 1. The third-order valence-electron chi connectivity index (χ3n) is 2.27. The quantitative estimate of drug-likeness (QED) is 0.856. The molecule has 0 aliphatic heterocycles. The van der Waals surface area contributed by atoms with Gasteiger partial charge in [0, 0.05) is 18.1 Å². The highest BCUT2D eigenvalue weighted by molar-refractivity contribution is 7.89. The van der Waals surface area contributed by atoms with E-state index in [2.05, 4.69) is 4.72 Å². The maximum absolute atomic E-state index is 12.1. The molecule has 1 aromatic carbocycles. The molecule has 0 aliphatic rings. The average Bonchev–Trinajstić information content (AvgIpc) is 2.28. The van der Waals surface area contributed by atoms with E-state index in [1.807, 2.05) is 19.0 Å². The zero-order valence-electron chi connectivity index (χ0n) is 10.6. The molecule has 0 heterocycles. The first kappa shape index (κ1) is 15.2. The Labute approximate surface area is 113 Å². The Hall–Kier alpha value is -0.820. The van der Waals surface area contributed by atoms with E-state index in [1.165, 1.54) is 19.2 Å². The summed E-state index contributed by atoms with van der Waals surface area (Å²) >= 11 is 5.81. The zero-order valence-corrected chi connectivity index (χ0v) is 12.2. The molecule has 0 fully saturated rings. The fraction of sp³-hybridized carbons (Fsp3) is 0.455. The summed E-state index contributed by atoms with van der Waals surface area (Å²) in [4.78, 5) is 1.94. The molecule has 102 valence electrons. The smallest absolute Gasteiger partial charge is 0.244 e. The Balaban J connectivity index is 2.93. The Morgan fingerprint density at radius 1 is 1.39 bits per heavy atom. The van der Waals surface area contributed by atoms with Gasteiger partial charge in [-0.05, 0) is 32.3 Å². The molecule has 18 heavy (non-hydrogen) atoms. The van der Waals surface area contributed by atoms with Crippen LogP contribution in [-0.2, 0) is 10.0 Å². The molecule has 0 spiro atoms. The van der Waals surface area contributed by atoms with Gasteiger partial charge < -0.3 is 9.64 Å². The summed E-state index contributed by atoms with van der Waals surface area (Å²) in [7, 11) is 1.55. The highest BCUT2D eigenvalue weighted by Gasteiger charge is 2.19. The van der Waals surface area contributed by atoms with Crippen molar-refractivity contribution in [2.45, 2.75) is 4.90 Å². The van der Waals surface area contributed by atoms with Crippen LogP contribution < -0.4 is 9.46 Å². The van der Waals surface area contributed by atoms with Crippen LogP contribution in [0.25, 0.3) is 0 Å². The number of ether oxygens (including phenoxy) is 1. The standard InChI is InChI=1S/C11H17ClN2O3S/c1-14(2)7-6-13-18(15,16)11-8-9(12)4-5-10(11)17-3/h4-5,8,13H,6-7H2,1-3H3. The number of nitrogens with one attached hydrogen (secondary N) is 1. The molecule has 0 atom stereocenters. The second kappa shape index (κ2) is 6.38. The van der Waals surface area contributed by atoms with Gasteiger partial charge in [0.25, 0.3) is 0 Å². The second-order valence-corrected chi connectivity index (χ2v) is 6.17. The first-order valence-electron chi connectivity index (χ1n) is 5.35. The van der Waals surface area contributed by atoms with Crippen LogP contribution >= 0.6 is 11.6 Å². The van der Waals surface area contributed by atoms with Crippen molar-refractivity contribution >= 4 is 21.6 Å². The van der Waals surface area contributed by atoms with Crippen molar-refractivity contribution in [1.82, 2.24) is 9.62 Å². The maximum atomic E-state index is 12.1. The van der Waals surface area contributed by atoms with Crippen LogP contribution in [0.4, 0.5) is 0 Å². The van der Waals surface area contributed by atoms with E-state index in [-0.39, 0.29) is 10.6 Å². The minimum Gasteiger partial charge on any atom is -0.495 e. The predicted octanol–water partition coefficient (Wildman–Crippen LogP) is 1.19. The van der Waals surface area contributed by atoms with Crippen molar-refractivity contribution in [3.8, 4) is 5.75 Å². The van der Waals surface area contributed by atoms with Crippen molar-refractivity contribution in [3.05, 3.63) is 23.2 Å². The average molecular weight is 293 g/mol. The number of likely N-dealkylation sites (N-methyl/N-ethyl adjacent to an activating group) is 1. The molecule has 1 N–H and O–H groups in total. The molecule has 0 aromatic heterocycles. The van der Waals surface area contributed by atoms with E-state index >= 15 is 0 Å². The van der Waals surface area contributed by atoms with Crippen molar-refractivity contribution in [1.29, 1.82) is 0 Å². The lowest BCUT2D eigenvalue weighted by Gasteiger charge is -2.13. The van der Waals surface area contributed by atoms with Gasteiger partial charge in [-0.15, -0.1) is 0 Å². The monoisotopic (exact) mass is 292 g/mol. The lowest BCUT2D eigenvalue weighted by molar-refractivity contribution is 0.400. The topological polar surface area (TPSA) is 58.6 Å². The molecule has 0 unspecified atom stereocenters. The molecule has 0 saturated carbocycles. The van der Waals surface area contributed by atoms with Crippen molar-refractivity contribution < 1.29 is 13.2 Å². The minimum absolute atomic E-state index is 0.0521. The molecule has 0 saturated heterocycles. The van der Waals surface area contributed by atoms with Gasteiger partial charge in [0.15, 0.2) is 0 Å². The number of hydrogen-bond donors (Lipinski definition) is 1. The van der Waals surface area contributed by atoms with E-state index < -0.39 is 10.0 Å². The Morgan fingerprint density at radius 3 is 2.61 bits per heavy atom. The number of benzene rings is 1. The first-order valence-corrected chi connectivity index (χ1v) is 7.21. The van der Waals surface area contributed by atoms with Crippen LogP contribution in [-0.4, -0.2) is 47.6 Å². The summed E-state index contributed by atoms with van der Waals surface area (Å²) in [5.41, 5.74) is 0. The Kier molecular flexibility index (Phi) is 5.40. The fourth-order valence-electron chi connectivity index (χ4n) is 1.34. The molecular formula is C11H17ClN2O3S. The molecular weight excluding hydrogens is 276 g/mol. The summed E-state index contributed by atoms with van der Waals surface area (Å²) in [5.74, 6) is 0.275. The summed E-state index contributed by atoms with van der Waals surface area (Å²) in [6.07, 6.45) is 0. The van der Waals surface area contributed by atoms with Crippen molar-refractivity contribution in [3.63, 3.8) is 0 Å². The predicted molar refractivity (Wildman–Crippen MR) is 71.7 cm³/mol. The summed E-state index contributed by atoms with van der Waals surface area (Å²) in [6, 6.07) is 4.49. The van der Waals surface area contributed by atoms with Gasteiger partial charge >= 0.3 is 0 Å². The molecule has 5 nitrogen and oxygen atoms in total. The molecule has 1 aromatic rings. The van der Waals surface area contributed by atoms with Crippen LogP contribution in [0.3, 0.4) is 0 Å². The van der Waals surface area contributed by atoms with Crippen LogP contribution in [0, 0.1) is 0 Å². The summed E-state index contributed by atoms with van der Waals surface area (Å²) in [6.45, 7) is 0.938. The lowest BCUT2D eigenvalue weighted by Crippen LogP contribution is -2.31. The Bertz CT molecular complexity index is 503. The third-order valence-corrected chi connectivity index (χ3v) is 3.98. The third kappa shape index (κ3) is 4.13. The van der Waals surface area contributed by atoms with Crippen molar-refractivity contribution in [2.75, 3.05) is 34.3 Å². The first-order chi connectivity index (χ1) is 8.36. The number of halogens is 1. The summed E-state index contributed by atoms with van der Waals surface area (Å²) in [5, 5.41) is 0.351. The molecule has 0 radical (unpaired) electrons. The van der Waals surface area contributed by atoms with E-state index in [9.17, 15) is 8.42 Å². The number of sulfonamides is 1. The van der Waals surface area contributed by atoms with Gasteiger partial charge in [0.05, 0.1) is 7.11 Å². The van der Waals surface area contributed by atoms with E-state index in [0.717, 1.165) is 0 Å². The van der Waals surface area contributed by atoms with E-state index in [1.54, 1.807) is 6.07 Å². The second-order valence-electron chi connectivity index (χ2n) is 4.00. The molecule has 0 bridgehead atoms. The number of nitrogens with zero attached hydrogens (tertiary/aromatic N) is 1. The number of rotatable bonds is 6. The lowest BCUT2D eigenvalue weighted by atomic mass is 10.3. The largest absolute Gasteiger partial charge is 0.495 e. The maximum Gasteiger partial charge on any atom is 0.244 e. The molecule has 0 amide bonds. The van der Waals surface area contributed by atoms with Gasteiger partial charge in [0.1, 0.15) is 10.6 Å².